The Morgan fingerprint density at radius 2 is 2.20 bits per heavy atom. The van der Waals surface area contributed by atoms with E-state index in [0.717, 1.165) is 35.3 Å². The molecule has 1 aliphatic rings. The lowest BCUT2D eigenvalue weighted by Crippen LogP contribution is -2.42. The number of piperidine rings is 1. The Hall–Kier alpha value is -0.390. The highest BCUT2D eigenvalue weighted by Gasteiger charge is 2.22. The Labute approximate surface area is 101 Å². The highest BCUT2D eigenvalue weighted by atomic mass is 79.9. The summed E-state index contributed by atoms with van der Waals surface area (Å²) < 4.78 is 1.000. The van der Waals surface area contributed by atoms with Crippen molar-refractivity contribution in [2.24, 2.45) is 5.73 Å². The van der Waals surface area contributed by atoms with E-state index in [0.29, 0.717) is 0 Å². The molecule has 5 heteroatoms. The van der Waals surface area contributed by atoms with Gasteiger partial charge in [0.15, 0.2) is 0 Å². The van der Waals surface area contributed by atoms with Gasteiger partial charge in [0, 0.05) is 24.5 Å². The number of hydrogen-bond acceptors (Lipinski definition) is 3. The SMILES string of the molecule is NC1CCN(C(=O)c2csc(Br)c2)CC1. The minimum absolute atomic E-state index is 0.129. The van der Waals surface area contributed by atoms with Gasteiger partial charge < -0.3 is 10.6 Å². The van der Waals surface area contributed by atoms with Gasteiger partial charge in [0.2, 0.25) is 0 Å². The second-order valence-corrected chi connectivity index (χ2v) is 6.06. The fraction of sp³-hybridized carbons (Fsp3) is 0.500. The van der Waals surface area contributed by atoms with Gasteiger partial charge in [0.05, 0.1) is 9.35 Å². The molecule has 1 aliphatic heterocycles. The van der Waals surface area contributed by atoms with Gasteiger partial charge in [-0.25, -0.2) is 0 Å². The highest BCUT2D eigenvalue weighted by Crippen LogP contribution is 2.22. The summed E-state index contributed by atoms with van der Waals surface area (Å²) in [4.78, 5) is 13.9. The lowest BCUT2D eigenvalue weighted by molar-refractivity contribution is 0.0715. The highest BCUT2D eigenvalue weighted by molar-refractivity contribution is 9.11. The molecule has 1 aromatic heterocycles. The van der Waals surface area contributed by atoms with Crippen LogP contribution in [0.1, 0.15) is 23.2 Å². The third kappa shape index (κ3) is 2.59. The molecular weight excluding hydrogens is 276 g/mol. The average molecular weight is 289 g/mol. The Morgan fingerprint density at radius 1 is 1.53 bits per heavy atom. The van der Waals surface area contributed by atoms with Crippen molar-refractivity contribution in [1.82, 2.24) is 4.90 Å². The van der Waals surface area contributed by atoms with Crippen LogP contribution >= 0.6 is 27.3 Å². The summed E-state index contributed by atoms with van der Waals surface area (Å²) in [6.45, 7) is 1.57. The zero-order chi connectivity index (χ0) is 10.8. The summed E-state index contributed by atoms with van der Waals surface area (Å²) in [7, 11) is 0. The summed E-state index contributed by atoms with van der Waals surface area (Å²) in [6.07, 6.45) is 1.83. The zero-order valence-electron chi connectivity index (χ0n) is 8.28. The van der Waals surface area contributed by atoms with Gasteiger partial charge in [-0.05, 0) is 34.8 Å². The molecule has 2 heterocycles. The van der Waals surface area contributed by atoms with Gasteiger partial charge in [0.1, 0.15) is 0 Å². The normalized spacial score (nSPS) is 18.1. The first kappa shape index (κ1) is 11.1. The van der Waals surface area contributed by atoms with Crippen LogP contribution in [0.15, 0.2) is 15.2 Å². The molecule has 0 radical (unpaired) electrons. The van der Waals surface area contributed by atoms with Crippen LogP contribution in [0.2, 0.25) is 0 Å². The first-order valence-corrected chi connectivity index (χ1v) is 6.63. The monoisotopic (exact) mass is 288 g/mol. The van der Waals surface area contributed by atoms with E-state index in [1.807, 2.05) is 16.3 Å². The van der Waals surface area contributed by atoms with Crippen LogP contribution in [-0.4, -0.2) is 29.9 Å². The molecular formula is C10H13BrN2OS. The summed E-state index contributed by atoms with van der Waals surface area (Å²) >= 11 is 4.90. The van der Waals surface area contributed by atoms with E-state index in [-0.39, 0.29) is 11.9 Å². The lowest BCUT2D eigenvalue weighted by atomic mass is 10.1. The second-order valence-electron chi connectivity index (χ2n) is 3.77. The van der Waals surface area contributed by atoms with E-state index in [9.17, 15) is 4.79 Å². The number of carbonyl (C=O) groups excluding carboxylic acids is 1. The standard InChI is InChI=1S/C10H13BrN2OS/c11-9-5-7(6-15-9)10(14)13-3-1-8(12)2-4-13/h5-6,8H,1-4,12H2. The van der Waals surface area contributed by atoms with Gasteiger partial charge >= 0.3 is 0 Å². The number of likely N-dealkylation sites (tertiary alicyclic amines) is 1. The van der Waals surface area contributed by atoms with Crippen molar-refractivity contribution in [2.75, 3.05) is 13.1 Å². The largest absolute Gasteiger partial charge is 0.339 e. The third-order valence-electron chi connectivity index (χ3n) is 2.64. The van der Waals surface area contributed by atoms with Crippen molar-refractivity contribution >= 4 is 33.2 Å². The second kappa shape index (κ2) is 4.63. The van der Waals surface area contributed by atoms with Crippen LogP contribution in [0.4, 0.5) is 0 Å². The summed E-state index contributed by atoms with van der Waals surface area (Å²) in [6, 6.07) is 2.14. The molecule has 1 amide bonds. The minimum atomic E-state index is 0.129. The van der Waals surface area contributed by atoms with Crippen molar-refractivity contribution in [3.8, 4) is 0 Å². The minimum Gasteiger partial charge on any atom is -0.339 e. The van der Waals surface area contributed by atoms with E-state index >= 15 is 0 Å². The fourth-order valence-electron chi connectivity index (χ4n) is 1.71. The number of thiophene rings is 1. The van der Waals surface area contributed by atoms with Crippen molar-refractivity contribution in [1.29, 1.82) is 0 Å². The van der Waals surface area contributed by atoms with Crippen molar-refractivity contribution in [3.63, 3.8) is 0 Å². The van der Waals surface area contributed by atoms with Gasteiger partial charge in [-0.3, -0.25) is 4.79 Å². The maximum absolute atomic E-state index is 12.0. The van der Waals surface area contributed by atoms with Gasteiger partial charge in [-0.15, -0.1) is 11.3 Å². The predicted molar refractivity (Wildman–Crippen MR) is 65.1 cm³/mol. The zero-order valence-corrected chi connectivity index (χ0v) is 10.7. The first-order chi connectivity index (χ1) is 7.16. The molecule has 1 aromatic rings. The van der Waals surface area contributed by atoms with Gasteiger partial charge in [-0.1, -0.05) is 0 Å². The summed E-state index contributed by atoms with van der Waals surface area (Å²) in [5.74, 6) is 0.129. The molecule has 0 saturated carbocycles. The number of hydrogen-bond donors (Lipinski definition) is 1. The van der Waals surface area contributed by atoms with Crippen LogP contribution < -0.4 is 5.73 Å². The number of carbonyl (C=O) groups is 1. The summed E-state index contributed by atoms with van der Waals surface area (Å²) in [5.41, 5.74) is 6.58. The van der Waals surface area contributed by atoms with Crippen LogP contribution in [0.5, 0.6) is 0 Å². The van der Waals surface area contributed by atoms with Gasteiger partial charge in [0.25, 0.3) is 5.91 Å². The van der Waals surface area contributed by atoms with Crippen molar-refractivity contribution in [2.45, 2.75) is 18.9 Å². The Balaban J connectivity index is 2.02. The van der Waals surface area contributed by atoms with Crippen LogP contribution in [0.3, 0.4) is 0 Å². The third-order valence-corrected chi connectivity index (χ3v) is 4.15. The molecule has 3 nitrogen and oxygen atoms in total. The number of amides is 1. The van der Waals surface area contributed by atoms with Crippen LogP contribution in [0, 0.1) is 0 Å². The van der Waals surface area contributed by atoms with E-state index in [2.05, 4.69) is 15.9 Å². The summed E-state index contributed by atoms with van der Waals surface area (Å²) in [5, 5.41) is 1.89. The van der Waals surface area contributed by atoms with Crippen molar-refractivity contribution < 1.29 is 4.79 Å². The number of nitrogens with two attached hydrogens (primary N) is 1. The topological polar surface area (TPSA) is 46.3 Å². The molecule has 0 aromatic carbocycles. The van der Waals surface area contributed by atoms with E-state index in [4.69, 9.17) is 5.73 Å². The Morgan fingerprint density at radius 3 is 2.73 bits per heavy atom. The molecule has 2 rings (SSSR count). The van der Waals surface area contributed by atoms with E-state index < -0.39 is 0 Å². The first-order valence-electron chi connectivity index (χ1n) is 4.95. The number of rotatable bonds is 1. The molecule has 1 saturated heterocycles. The van der Waals surface area contributed by atoms with Crippen molar-refractivity contribution in [3.05, 3.63) is 20.8 Å². The van der Waals surface area contributed by atoms with Crippen LogP contribution in [-0.2, 0) is 0 Å². The smallest absolute Gasteiger partial charge is 0.254 e. The Kier molecular flexibility index (Phi) is 3.43. The fourth-order valence-corrected chi connectivity index (χ4v) is 2.84. The molecule has 1 fully saturated rings. The predicted octanol–water partition coefficient (Wildman–Crippen LogP) is 2.07. The quantitative estimate of drug-likeness (QED) is 0.860. The molecule has 0 atom stereocenters. The molecule has 0 bridgehead atoms. The molecule has 0 unspecified atom stereocenters. The molecule has 0 spiro atoms. The molecule has 15 heavy (non-hydrogen) atoms. The average Bonchev–Trinajstić information content (AvgIpc) is 2.65. The molecule has 2 N–H and O–H groups in total. The van der Waals surface area contributed by atoms with E-state index in [1.165, 1.54) is 0 Å². The molecule has 82 valence electrons. The lowest BCUT2D eigenvalue weighted by Gasteiger charge is -2.29. The van der Waals surface area contributed by atoms with Gasteiger partial charge in [-0.2, -0.15) is 0 Å². The number of halogens is 1. The number of nitrogens with zero attached hydrogens (tertiary/aromatic N) is 1. The Bertz CT molecular complexity index is 358. The maximum atomic E-state index is 12.0. The molecule has 0 aliphatic carbocycles. The maximum Gasteiger partial charge on any atom is 0.254 e. The van der Waals surface area contributed by atoms with Crippen LogP contribution in [0.25, 0.3) is 0 Å². The van der Waals surface area contributed by atoms with E-state index in [1.54, 1.807) is 11.3 Å².